The molecule has 0 atom stereocenters. The van der Waals surface area contributed by atoms with E-state index in [4.69, 9.17) is 9.47 Å². The van der Waals surface area contributed by atoms with Crippen LogP contribution in [0, 0.1) is 17.0 Å². The number of aryl methyl sites for hydroxylation is 1. The number of methoxy groups -OCH3 is 2. The van der Waals surface area contributed by atoms with Crippen molar-refractivity contribution in [2.75, 3.05) is 26.1 Å². The molecule has 6 nitrogen and oxygen atoms in total. The molecule has 0 saturated heterocycles. The number of nitro benzene ring substituents is 1. The minimum atomic E-state index is -0.434. The average molecular weight is 240 g/mol. The zero-order chi connectivity index (χ0) is 12.8. The first-order valence-corrected chi connectivity index (χ1v) is 5.13. The van der Waals surface area contributed by atoms with Gasteiger partial charge in [0, 0.05) is 20.3 Å². The number of anilines is 1. The molecule has 0 saturated carbocycles. The Morgan fingerprint density at radius 3 is 2.59 bits per heavy atom. The predicted molar refractivity (Wildman–Crippen MR) is 64.1 cm³/mol. The van der Waals surface area contributed by atoms with E-state index in [0.717, 1.165) is 5.56 Å². The number of benzene rings is 1. The largest absolute Gasteiger partial charge is 0.374 e. The van der Waals surface area contributed by atoms with Crippen molar-refractivity contribution in [3.63, 3.8) is 0 Å². The summed E-state index contributed by atoms with van der Waals surface area (Å²) in [6.07, 6.45) is -0.434. The number of hydrogen-bond acceptors (Lipinski definition) is 5. The monoisotopic (exact) mass is 240 g/mol. The molecule has 0 bridgehead atoms. The van der Waals surface area contributed by atoms with E-state index in [1.165, 1.54) is 20.3 Å². The molecule has 0 aliphatic carbocycles. The lowest BCUT2D eigenvalue weighted by Crippen LogP contribution is -2.23. The van der Waals surface area contributed by atoms with Crippen LogP contribution in [0.25, 0.3) is 0 Å². The van der Waals surface area contributed by atoms with Gasteiger partial charge < -0.3 is 14.8 Å². The molecule has 0 aliphatic heterocycles. The van der Waals surface area contributed by atoms with Gasteiger partial charge in [-0.1, -0.05) is 6.07 Å². The van der Waals surface area contributed by atoms with E-state index in [1.807, 2.05) is 13.0 Å². The minimum Gasteiger partial charge on any atom is -0.374 e. The standard InChI is InChI=1S/C11H16N2O4/c1-8-4-5-9(10(6-8)13(14)15)12-7-11(16-2)17-3/h4-6,11-12H,7H2,1-3H3. The molecule has 1 N–H and O–H groups in total. The van der Waals surface area contributed by atoms with Gasteiger partial charge >= 0.3 is 0 Å². The summed E-state index contributed by atoms with van der Waals surface area (Å²) in [7, 11) is 3.03. The third-order valence-electron chi connectivity index (χ3n) is 2.33. The number of hydrogen-bond donors (Lipinski definition) is 1. The minimum absolute atomic E-state index is 0.0518. The summed E-state index contributed by atoms with van der Waals surface area (Å²) < 4.78 is 9.98. The lowest BCUT2D eigenvalue weighted by Gasteiger charge is -2.15. The van der Waals surface area contributed by atoms with Crippen LogP contribution in [-0.4, -0.2) is 32.0 Å². The molecule has 0 unspecified atom stereocenters. The van der Waals surface area contributed by atoms with E-state index in [-0.39, 0.29) is 5.69 Å². The van der Waals surface area contributed by atoms with Gasteiger partial charge in [-0.25, -0.2) is 0 Å². The maximum absolute atomic E-state index is 10.9. The van der Waals surface area contributed by atoms with Crippen LogP contribution >= 0.6 is 0 Å². The summed E-state index contributed by atoms with van der Waals surface area (Å²) in [5.74, 6) is 0. The van der Waals surface area contributed by atoms with Crippen LogP contribution in [0.1, 0.15) is 5.56 Å². The van der Waals surface area contributed by atoms with Crippen LogP contribution < -0.4 is 5.32 Å². The van der Waals surface area contributed by atoms with Crippen molar-refractivity contribution in [1.82, 2.24) is 0 Å². The van der Waals surface area contributed by atoms with Crippen molar-refractivity contribution >= 4 is 11.4 Å². The molecule has 0 spiro atoms. The predicted octanol–water partition coefficient (Wildman–Crippen LogP) is 1.93. The highest BCUT2D eigenvalue weighted by molar-refractivity contribution is 5.62. The molecule has 1 rings (SSSR count). The van der Waals surface area contributed by atoms with Crippen LogP contribution in [0.2, 0.25) is 0 Å². The van der Waals surface area contributed by atoms with Crippen LogP contribution in [0.15, 0.2) is 18.2 Å². The van der Waals surface area contributed by atoms with Gasteiger partial charge in [-0.3, -0.25) is 10.1 Å². The summed E-state index contributed by atoms with van der Waals surface area (Å²) in [5.41, 5.74) is 1.35. The van der Waals surface area contributed by atoms with Gasteiger partial charge in [0.2, 0.25) is 0 Å². The molecule has 94 valence electrons. The van der Waals surface area contributed by atoms with E-state index in [9.17, 15) is 10.1 Å². The number of ether oxygens (including phenoxy) is 2. The molecule has 1 aromatic rings. The third-order valence-corrected chi connectivity index (χ3v) is 2.33. The maximum Gasteiger partial charge on any atom is 0.292 e. The quantitative estimate of drug-likeness (QED) is 0.467. The average Bonchev–Trinajstić information content (AvgIpc) is 2.31. The van der Waals surface area contributed by atoms with Crippen LogP contribution in [0.3, 0.4) is 0 Å². The third kappa shape index (κ3) is 3.69. The zero-order valence-corrected chi connectivity index (χ0v) is 10.1. The molecule has 6 heteroatoms. The summed E-state index contributed by atoms with van der Waals surface area (Å²) in [4.78, 5) is 10.4. The van der Waals surface area contributed by atoms with Crippen LogP contribution in [-0.2, 0) is 9.47 Å². The molecular weight excluding hydrogens is 224 g/mol. The molecule has 0 amide bonds. The number of nitro groups is 1. The van der Waals surface area contributed by atoms with Gasteiger partial charge in [0.1, 0.15) is 5.69 Å². The van der Waals surface area contributed by atoms with Gasteiger partial charge in [-0.2, -0.15) is 0 Å². The van der Waals surface area contributed by atoms with Crippen LogP contribution in [0.5, 0.6) is 0 Å². The molecule has 0 heterocycles. The van der Waals surface area contributed by atoms with Crippen molar-refractivity contribution < 1.29 is 14.4 Å². The second-order valence-electron chi connectivity index (χ2n) is 3.56. The second-order valence-corrected chi connectivity index (χ2v) is 3.56. The smallest absolute Gasteiger partial charge is 0.292 e. The fourth-order valence-electron chi connectivity index (χ4n) is 1.40. The van der Waals surface area contributed by atoms with Gasteiger partial charge in [0.15, 0.2) is 6.29 Å². The van der Waals surface area contributed by atoms with Gasteiger partial charge in [0.25, 0.3) is 5.69 Å². The van der Waals surface area contributed by atoms with E-state index < -0.39 is 11.2 Å². The van der Waals surface area contributed by atoms with E-state index >= 15 is 0 Å². The Hall–Kier alpha value is -1.66. The highest BCUT2D eigenvalue weighted by Gasteiger charge is 2.14. The van der Waals surface area contributed by atoms with E-state index in [2.05, 4.69) is 5.32 Å². The Balaban J connectivity index is 2.80. The fourth-order valence-corrected chi connectivity index (χ4v) is 1.40. The van der Waals surface area contributed by atoms with Crippen LogP contribution in [0.4, 0.5) is 11.4 Å². The van der Waals surface area contributed by atoms with Gasteiger partial charge in [0.05, 0.1) is 11.5 Å². The summed E-state index contributed by atoms with van der Waals surface area (Å²) in [5, 5.41) is 13.8. The first-order valence-electron chi connectivity index (χ1n) is 5.13. The second kappa shape index (κ2) is 6.17. The Bertz CT molecular complexity index is 391. The lowest BCUT2D eigenvalue weighted by atomic mass is 10.2. The molecule has 0 radical (unpaired) electrons. The zero-order valence-electron chi connectivity index (χ0n) is 10.1. The van der Waals surface area contributed by atoms with E-state index in [1.54, 1.807) is 6.07 Å². The molecule has 17 heavy (non-hydrogen) atoms. The first-order chi connectivity index (χ1) is 8.08. The topological polar surface area (TPSA) is 73.6 Å². The Labute approximate surface area is 99.7 Å². The first kappa shape index (κ1) is 13.4. The lowest BCUT2D eigenvalue weighted by molar-refractivity contribution is -0.384. The van der Waals surface area contributed by atoms with Crippen molar-refractivity contribution in [3.05, 3.63) is 33.9 Å². The van der Waals surface area contributed by atoms with Crippen molar-refractivity contribution in [3.8, 4) is 0 Å². The van der Waals surface area contributed by atoms with Gasteiger partial charge in [-0.15, -0.1) is 0 Å². The molecule has 1 aromatic carbocycles. The molecular formula is C11H16N2O4. The maximum atomic E-state index is 10.9. The molecule has 0 fully saturated rings. The Morgan fingerprint density at radius 2 is 2.06 bits per heavy atom. The summed E-state index contributed by atoms with van der Waals surface area (Å²) >= 11 is 0. The van der Waals surface area contributed by atoms with Crippen molar-refractivity contribution in [1.29, 1.82) is 0 Å². The fraction of sp³-hybridized carbons (Fsp3) is 0.455. The highest BCUT2D eigenvalue weighted by atomic mass is 16.7. The SMILES string of the molecule is COC(CNc1ccc(C)cc1[N+](=O)[O-])OC. The van der Waals surface area contributed by atoms with E-state index in [0.29, 0.717) is 12.2 Å². The van der Waals surface area contributed by atoms with Gasteiger partial charge in [-0.05, 0) is 18.6 Å². The van der Waals surface area contributed by atoms with Crippen molar-refractivity contribution in [2.24, 2.45) is 0 Å². The Morgan fingerprint density at radius 1 is 1.41 bits per heavy atom. The van der Waals surface area contributed by atoms with Crippen molar-refractivity contribution in [2.45, 2.75) is 13.2 Å². The summed E-state index contributed by atoms with van der Waals surface area (Å²) in [6, 6.07) is 5.01. The Kier molecular flexibility index (Phi) is 4.86. The number of nitrogens with one attached hydrogen (secondary N) is 1. The normalized spacial score (nSPS) is 10.6. The number of nitrogens with zero attached hydrogens (tertiary/aromatic N) is 1. The molecule has 0 aromatic heterocycles. The summed E-state index contributed by atoms with van der Waals surface area (Å²) in [6.45, 7) is 2.15. The molecule has 0 aliphatic rings. The number of rotatable bonds is 6. The highest BCUT2D eigenvalue weighted by Crippen LogP contribution is 2.25.